The van der Waals surface area contributed by atoms with Gasteiger partial charge in [0.1, 0.15) is 10.6 Å². The van der Waals surface area contributed by atoms with Crippen molar-refractivity contribution >= 4 is 44.9 Å². The lowest BCUT2D eigenvalue weighted by molar-refractivity contribution is 0.340. The predicted octanol–water partition coefficient (Wildman–Crippen LogP) is 6.92. The molecule has 2 heterocycles. The lowest BCUT2D eigenvalue weighted by Gasteiger charge is -2.18. The van der Waals surface area contributed by atoms with Gasteiger partial charge in [-0.3, -0.25) is 9.36 Å². The number of rotatable bonds is 6. The van der Waals surface area contributed by atoms with Crippen LogP contribution in [0.3, 0.4) is 0 Å². The number of nitrogens with zero attached hydrogens (tertiary/aromatic N) is 2. The second-order valence-electron chi connectivity index (χ2n) is 8.37. The van der Waals surface area contributed by atoms with Crippen LogP contribution >= 0.6 is 34.7 Å². The van der Waals surface area contributed by atoms with Crippen LogP contribution < -0.4 is 10.3 Å². The van der Waals surface area contributed by atoms with Gasteiger partial charge in [0, 0.05) is 15.7 Å². The fraction of sp³-hybridized carbons (Fsp3) is 0.308. The van der Waals surface area contributed by atoms with Gasteiger partial charge in [0.05, 0.1) is 17.7 Å². The molecule has 4 nitrogen and oxygen atoms in total. The number of hydrogen-bond acceptors (Lipinski definition) is 5. The van der Waals surface area contributed by atoms with Crippen LogP contribution in [0.25, 0.3) is 15.9 Å². The van der Waals surface area contributed by atoms with E-state index in [0.29, 0.717) is 23.4 Å². The van der Waals surface area contributed by atoms with Gasteiger partial charge in [-0.2, -0.15) is 0 Å². The zero-order chi connectivity index (χ0) is 22.9. The first-order valence-corrected chi connectivity index (χ1v) is 13.4. The van der Waals surface area contributed by atoms with Gasteiger partial charge in [0.2, 0.25) is 0 Å². The molecule has 2 aromatic heterocycles. The van der Waals surface area contributed by atoms with Crippen molar-refractivity contribution in [1.29, 1.82) is 0 Å². The summed E-state index contributed by atoms with van der Waals surface area (Å²) in [6.07, 6.45) is 3.09. The van der Waals surface area contributed by atoms with Gasteiger partial charge in [-0.05, 0) is 73.6 Å². The first-order valence-electron chi connectivity index (χ1n) is 11.2. The van der Waals surface area contributed by atoms with E-state index in [0.717, 1.165) is 51.5 Å². The molecule has 4 aromatic rings. The molecule has 170 valence electrons. The van der Waals surface area contributed by atoms with Gasteiger partial charge in [-0.25, -0.2) is 4.98 Å². The van der Waals surface area contributed by atoms with Crippen LogP contribution in [0, 0.1) is 5.92 Å². The summed E-state index contributed by atoms with van der Waals surface area (Å²) >= 11 is 9.62. The molecule has 1 unspecified atom stereocenters. The highest BCUT2D eigenvalue weighted by atomic mass is 35.5. The molecule has 1 aliphatic rings. The molecule has 0 fully saturated rings. The summed E-state index contributed by atoms with van der Waals surface area (Å²) in [6, 6.07) is 15.5. The Labute approximate surface area is 206 Å². The molecule has 0 aliphatic heterocycles. The smallest absolute Gasteiger partial charge is 0.267 e. The van der Waals surface area contributed by atoms with Crippen molar-refractivity contribution < 1.29 is 4.74 Å². The summed E-state index contributed by atoms with van der Waals surface area (Å²) < 4.78 is 7.35. The molecule has 0 saturated carbocycles. The highest BCUT2D eigenvalue weighted by Gasteiger charge is 2.25. The molecule has 0 bridgehead atoms. The van der Waals surface area contributed by atoms with Gasteiger partial charge >= 0.3 is 0 Å². The molecular weight excluding hydrogens is 472 g/mol. The van der Waals surface area contributed by atoms with Crippen molar-refractivity contribution in [2.45, 2.75) is 44.0 Å². The number of thioether (sulfide) groups is 1. The van der Waals surface area contributed by atoms with E-state index >= 15 is 0 Å². The molecule has 0 radical (unpaired) electrons. The molecular formula is C26H25ClN2O2S2. The Morgan fingerprint density at radius 1 is 1.21 bits per heavy atom. The lowest BCUT2D eigenvalue weighted by atomic mass is 9.89. The van der Waals surface area contributed by atoms with Crippen LogP contribution in [-0.4, -0.2) is 16.2 Å². The van der Waals surface area contributed by atoms with Crippen LogP contribution in [-0.2, 0) is 18.6 Å². The van der Waals surface area contributed by atoms with Crippen molar-refractivity contribution in [3.8, 4) is 11.4 Å². The Hall–Kier alpha value is -2.28. The Morgan fingerprint density at radius 2 is 2.00 bits per heavy atom. The highest BCUT2D eigenvalue weighted by Crippen LogP contribution is 2.37. The Kier molecular flexibility index (Phi) is 6.50. The summed E-state index contributed by atoms with van der Waals surface area (Å²) in [6.45, 7) is 4.84. The van der Waals surface area contributed by atoms with E-state index in [1.165, 1.54) is 10.4 Å². The van der Waals surface area contributed by atoms with Crippen molar-refractivity contribution in [1.82, 2.24) is 9.55 Å². The fourth-order valence-electron chi connectivity index (χ4n) is 4.31. The molecule has 1 atom stereocenters. The zero-order valence-corrected chi connectivity index (χ0v) is 21.0. The fourth-order valence-corrected chi connectivity index (χ4v) is 7.03. The maximum Gasteiger partial charge on any atom is 0.267 e. The number of benzene rings is 2. The number of hydrogen-bond donors (Lipinski definition) is 0. The highest BCUT2D eigenvalue weighted by molar-refractivity contribution is 7.98. The zero-order valence-electron chi connectivity index (χ0n) is 18.6. The monoisotopic (exact) mass is 496 g/mol. The van der Waals surface area contributed by atoms with E-state index in [-0.39, 0.29) is 5.56 Å². The number of aryl methyl sites for hydroxylation is 1. The average Bonchev–Trinajstić information content (AvgIpc) is 3.17. The summed E-state index contributed by atoms with van der Waals surface area (Å²) in [5, 5.41) is 2.20. The SMILES string of the molecule is CCOc1ccc(-n2c(SCc3ccccc3Cl)nc3sc4c(c3c2=O)CCC(C)C4)cc1. The number of halogens is 1. The third-order valence-corrected chi connectivity index (χ3v) is 8.52. The van der Waals surface area contributed by atoms with E-state index in [1.54, 1.807) is 27.7 Å². The van der Waals surface area contributed by atoms with Crippen LogP contribution in [0.4, 0.5) is 0 Å². The van der Waals surface area contributed by atoms with Gasteiger partial charge in [0.25, 0.3) is 5.56 Å². The minimum Gasteiger partial charge on any atom is -0.494 e. The first kappa shape index (κ1) is 22.5. The number of aromatic nitrogens is 2. The topological polar surface area (TPSA) is 44.1 Å². The van der Waals surface area contributed by atoms with E-state index < -0.39 is 0 Å². The number of thiophene rings is 1. The quantitative estimate of drug-likeness (QED) is 0.215. The molecule has 2 aromatic carbocycles. The molecule has 5 rings (SSSR count). The maximum atomic E-state index is 13.9. The molecule has 0 spiro atoms. The van der Waals surface area contributed by atoms with Gasteiger partial charge < -0.3 is 4.74 Å². The maximum absolute atomic E-state index is 13.9. The third-order valence-electron chi connectivity index (χ3n) is 6.02. The second-order valence-corrected chi connectivity index (χ2v) is 10.8. The van der Waals surface area contributed by atoms with E-state index in [1.807, 2.05) is 55.5 Å². The van der Waals surface area contributed by atoms with E-state index in [9.17, 15) is 4.79 Å². The summed E-state index contributed by atoms with van der Waals surface area (Å²) in [5.74, 6) is 2.07. The van der Waals surface area contributed by atoms with Gasteiger partial charge in [-0.15, -0.1) is 11.3 Å². The van der Waals surface area contributed by atoms with Crippen LogP contribution in [0.15, 0.2) is 58.5 Å². The Morgan fingerprint density at radius 3 is 2.76 bits per heavy atom. The van der Waals surface area contributed by atoms with E-state index in [4.69, 9.17) is 21.3 Å². The standard InChI is InChI=1S/C26H25ClN2O2S2/c1-3-31-19-11-9-18(10-12-19)29-25(30)23-20-13-8-16(2)14-22(20)33-24(23)28-26(29)32-15-17-6-4-5-7-21(17)27/h4-7,9-12,16H,3,8,13-15H2,1-2H3. The van der Waals surface area contributed by atoms with Crippen molar-refractivity contribution in [2.75, 3.05) is 6.61 Å². The van der Waals surface area contributed by atoms with Gasteiger partial charge in [-0.1, -0.05) is 48.5 Å². The summed E-state index contributed by atoms with van der Waals surface area (Å²) in [7, 11) is 0. The lowest BCUT2D eigenvalue weighted by Crippen LogP contribution is -2.22. The van der Waals surface area contributed by atoms with Crippen molar-refractivity contribution in [3.63, 3.8) is 0 Å². The number of ether oxygens (including phenoxy) is 1. The minimum absolute atomic E-state index is 0.0119. The Bertz CT molecular complexity index is 1360. The largest absolute Gasteiger partial charge is 0.494 e. The van der Waals surface area contributed by atoms with Crippen molar-refractivity contribution in [3.05, 3.63) is 79.9 Å². The third kappa shape index (κ3) is 4.44. The Balaban J connectivity index is 1.64. The second kappa shape index (κ2) is 9.53. The molecule has 0 saturated heterocycles. The summed E-state index contributed by atoms with van der Waals surface area (Å²) in [4.78, 5) is 21.1. The van der Waals surface area contributed by atoms with Gasteiger partial charge in [0.15, 0.2) is 5.16 Å². The van der Waals surface area contributed by atoms with Crippen LogP contribution in [0.2, 0.25) is 5.02 Å². The first-order chi connectivity index (χ1) is 16.0. The summed E-state index contributed by atoms with van der Waals surface area (Å²) in [5.41, 5.74) is 3.03. The molecule has 0 N–H and O–H groups in total. The van der Waals surface area contributed by atoms with Crippen LogP contribution in [0.5, 0.6) is 5.75 Å². The average molecular weight is 497 g/mol. The predicted molar refractivity (Wildman–Crippen MR) is 139 cm³/mol. The minimum atomic E-state index is 0.0119. The molecule has 7 heteroatoms. The molecule has 33 heavy (non-hydrogen) atoms. The normalized spacial score (nSPS) is 15.5. The molecule has 1 aliphatic carbocycles. The van der Waals surface area contributed by atoms with Crippen molar-refractivity contribution in [2.24, 2.45) is 5.92 Å². The van der Waals surface area contributed by atoms with Crippen LogP contribution in [0.1, 0.15) is 36.3 Å². The van der Waals surface area contributed by atoms with E-state index in [2.05, 4.69) is 6.92 Å². The molecule has 0 amide bonds. The number of fused-ring (bicyclic) bond motifs is 3.